The highest BCUT2D eigenvalue weighted by atomic mass is 32.2. The Morgan fingerprint density at radius 3 is 2.71 bits per heavy atom. The van der Waals surface area contributed by atoms with Crippen molar-refractivity contribution in [3.8, 4) is 11.5 Å². The molecule has 92 valence electrons. The van der Waals surface area contributed by atoms with Crippen LogP contribution >= 0.6 is 11.8 Å². The summed E-state index contributed by atoms with van der Waals surface area (Å²) >= 11 is 1.35. The summed E-state index contributed by atoms with van der Waals surface area (Å²) in [4.78, 5) is 10.3. The van der Waals surface area contributed by atoms with Gasteiger partial charge in [-0.3, -0.25) is 5.32 Å². The molecule has 0 bridgehead atoms. The lowest BCUT2D eigenvalue weighted by Gasteiger charge is -2.23. The SMILES string of the molecule is O=C(O)C1(Cc2ccc(O)c(O)c2)NCCS1. The lowest BCUT2D eigenvalue weighted by Crippen LogP contribution is -2.47. The summed E-state index contributed by atoms with van der Waals surface area (Å²) in [6, 6.07) is 4.36. The second kappa shape index (κ2) is 4.46. The van der Waals surface area contributed by atoms with Crippen LogP contribution in [-0.2, 0) is 11.2 Å². The summed E-state index contributed by atoms with van der Waals surface area (Å²) < 4.78 is 0. The normalized spacial score (nSPS) is 23.8. The molecule has 6 heteroatoms. The van der Waals surface area contributed by atoms with Crippen molar-refractivity contribution in [2.45, 2.75) is 11.3 Å². The van der Waals surface area contributed by atoms with Crippen LogP contribution in [0.1, 0.15) is 5.56 Å². The molecule has 1 saturated heterocycles. The Hall–Kier alpha value is -1.40. The second-order valence-electron chi connectivity index (χ2n) is 3.91. The van der Waals surface area contributed by atoms with E-state index in [0.717, 1.165) is 5.75 Å². The van der Waals surface area contributed by atoms with Crippen LogP contribution in [0.25, 0.3) is 0 Å². The Labute approximate surface area is 102 Å². The molecule has 1 heterocycles. The first-order valence-corrected chi connectivity index (χ1v) is 6.15. The molecule has 17 heavy (non-hydrogen) atoms. The van der Waals surface area contributed by atoms with Gasteiger partial charge in [0.05, 0.1) is 0 Å². The Balaban J connectivity index is 2.23. The number of hydrogen-bond donors (Lipinski definition) is 4. The minimum Gasteiger partial charge on any atom is -0.504 e. The number of nitrogens with one attached hydrogen (secondary N) is 1. The van der Waals surface area contributed by atoms with Crippen molar-refractivity contribution < 1.29 is 20.1 Å². The molecule has 0 aromatic heterocycles. The summed E-state index contributed by atoms with van der Waals surface area (Å²) in [6.07, 6.45) is 0.265. The molecule has 1 fully saturated rings. The van der Waals surface area contributed by atoms with Crippen LogP contribution in [0, 0.1) is 0 Å². The van der Waals surface area contributed by atoms with E-state index in [1.807, 2.05) is 0 Å². The average molecular weight is 255 g/mol. The van der Waals surface area contributed by atoms with E-state index in [-0.39, 0.29) is 17.9 Å². The van der Waals surface area contributed by atoms with Crippen molar-refractivity contribution in [3.05, 3.63) is 23.8 Å². The molecule has 1 aliphatic rings. The number of aromatic hydroxyl groups is 2. The first-order valence-electron chi connectivity index (χ1n) is 5.17. The lowest BCUT2D eigenvalue weighted by atomic mass is 10.0. The standard InChI is InChI=1S/C11H13NO4S/c13-8-2-1-7(5-9(8)14)6-11(10(15)16)12-3-4-17-11/h1-2,5,12-14H,3-4,6H2,(H,15,16). The van der Waals surface area contributed by atoms with Crippen LogP contribution in [0.15, 0.2) is 18.2 Å². The molecular weight excluding hydrogens is 242 g/mol. The maximum Gasteiger partial charge on any atom is 0.334 e. The minimum absolute atomic E-state index is 0.204. The molecule has 1 aromatic rings. The molecule has 1 aromatic carbocycles. The van der Waals surface area contributed by atoms with Crippen molar-refractivity contribution in [2.24, 2.45) is 0 Å². The molecular formula is C11H13NO4S. The van der Waals surface area contributed by atoms with Crippen LogP contribution in [0.5, 0.6) is 11.5 Å². The van der Waals surface area contributed by atoms with E-state index in [2.05, 4.69) is 5.32 Å². The average Bonchev–Trinajstić information content (AvgIpc) is 2.73. The summed E-state index contributed by atoms with van der Waals surface area (Å²) in [5, 5.41) is 30.8. The number of aliphatic carboxylic acids is 1. The van der Waals surface area contributed by atoms with E-state index in [4.69, 9.17) is 0 Å². The molecule has 5 nitrogen and oxygen atoms in total. The van der Waals surface area contributed by atoms with E-state index < -0.39 is 10.8 Å². The van der Waals surface area contributed by atoms with Crippen LogP contribution in [0.2, 0.25) is 0 Å². The number of benzene rings is 1. The van der Waals surface area contributed by atoms with E-state index in [0.29, 0.717) is 12.1 Å². The smallest absolute Gasteiger partial charge is 0.334 e. The number of phenolic OH excluding ortho intramolecular Hbond substituents is 2. The highest BCUT2D eigenvalue weighted by Crippen LogP contribution is 2.33. The number of carboxylic acids is 1. The zero-order valence-corrected chi connectivity index (χ0v) is 9.83. The quantitative estimate of drug-likeness (QED) is 0.596. The van der Waals surface area contributed by atoms with Crippen molar-refractivity contribution in [1.82, 2.24) is 5.32 Å². The first-order chi connectivity index (χ1) is 8.03. The first kappa shape index (κ1) is 12.1. The third kappa shape index (κ3) is 2.32. The summed E-state index contributed by atoms with van der Waals surface area (Å²) in [6.45, 7) is 0.654. The Bertz CT molecular complexity index is 443. The number of rotatable bonds is 3. The van der Waals surface area contributed by atoms with Gasteiger partial charge in [0.25, 0.3) is 0 Å². The van der Waals surface area contributed by atoms with Crippen LogP contribution in [-0.4, -0.2) is 38.5 Å². The fourth-order valence-corrected chi connectivity index (χ4v) is 2.97. The van der Waals surface area contributed by atoms with Crippen LogP contribution in [0.3, 0.4) is 0 Å². The van der Waals surface area contributed by atoms with Crippen molar-refractivity contribution in [2.75, 3.05) is 12.3 Å². The molecule has 4 N–H and O–H groups in total. The van der Waals surface area contributed by atoms with Crippen molar-refractivity contribution in [3.63, 3.8) is 0 Å². The van der Waals surface area contributed by atoms with E-state index in [1.54, 1.807) is 6.07 Å². The van der Waals surface area contributed by atoms with Gasteiger partial charge in [-0.25, -0.2) is 4.79 Å². The lowest BCUT2D eigenvalue weighted by molar-refractivity contribution is -0.140. The number of carboxylic acid groups (broad SMARTS) is 1. The molecule has 0 radical (unpaired) electrons. The topological polar surface area (TPSA) is 89.8 Å². The molecule has 0 amide bonds. The number of phenols is 2. The molecule has 1 unspecified atom stereocenters. The number of carbonyl (C=O) groups is 1. The maximum absolute atomic E-state index is 11.3. The summed E-state index contributed by atoms with van der Waals surface area (Å²) in [5.74, 6) is -0.597. The molecule has 0 aliphatic carbocycles. The van der Waals surface area contributed by atoms with Gasteiger partial charge in [-0.2, -0.15) is 0 Å². The molecule has 0 spiro atoms. The highest BCUT2D eigenvalue weighted by Gasteiger charge is 2.42. The summed E-state index contributed by atoms with van der Waals surface area (Å²) in [5.41, 5.74) is 0.671. The minimum atomic E-state index is -1.02. The van der Waals surface area contributed by atoms with E-state index in [9.17, 15) is 20.1 Å². The van der Waals surface area contributed by atoms with Gasteiger partial charge in [0.1, 0.15) is 0 Å². The predicted molar refractivity (Wildman–Crippen MR) is 64.3 cm³/mol. The summed E-state index contributed by atoms with van der Waals surface area (Å²) in [7, 11) is 0. The fourth-order valence-electron chi connectivity index (χ4n) is 1.82. The van der Waals surface area contributed by atoms with Crippen molar-refractivity contribution in [1.29, 1.82) is 0 Å². The largest absolute Gasteiger partial charge is 0.504 e. The Kier molecular flexibility index (Phi) is 3.17. The van der Waals surface area contributed by atoms with Gasteiger partial charge in [-0.15, -0.1) is 11.8 Å². The van der Waals surface area contributed by atoms with Gasteiger partial charge in [0.2, 0.25) is 0 Å². The van der Waals surface area contributed by atoms with E-state index >= 15 is 0 Å². The van der Waals surface area contributed by atoms with Crippen molar-refractivity contribution >= 4 is 17.7 Å². The second-order valence-corrected chi connectivity index (χ2v) is 5.30. The third-order valence-corrected chi connectivity index (χ3v) is 4.06. The predicted octanol–water partition coefficient (Wildman–Crippen LogP) is 0.758. The monoisotopic (exact) mass is 255 g/mol. The van der Waals surface area contributed by atoms with Gasteiger partial charge in [-0.05, 0) is 17.7 Å². The zero-order chi connectivity index (χ0) is 12.5. The molecule has 0 saturated carbocycles. The van der Waals surface area contributed by atoms with Gasteiger partial charge in [-0.1, -0.05) is 6.07 Å². The Morgan fingerprint density at radius 2 is 2.18 bits per heavy atom. The fraction of sp³-hybridized carbons (Fsp3) is 0.364. The van der Waals surface area contributed by atoms with Crippen LogP contribution < -0.4 is 5.32 Å². The van der Waals surface area contributed by atoms with Gasteiger partial charge >= 0.3 is 5.97 Å². The van der Waals surface area contributed by atoms with Gasteiger partial charge < -0.3 is 15.3 Å². The Morgan fingerprint density at radius 1 is 1.41 bits per heavy atom. The molecule has 1 aliphatic heterocycles. The molecule has 1 atom stereocenters. The molecule has 2 rings (SSSR count). The maximum atomic E-state index is 11.3. The van der Waals surface area contributed by atoms with E-state index in [1.165, 1.54) is 23.9 Å². The number of hydrogen-bond acceptors (Lipinski definition) is 5. The van der Waals surface area contributed by atoms with Crippen LogP contribution in [0.4, 0.5) is 0 Å². The zero-order valence-electron chi connectivity index (χ0n) is 9.01. The highest BCUT2D eigenvalue weighted by molar-refractivity contribution is 8.01. The number of thioether (sulfide) groups is 1. The van der Waals surface area contributed by atoms with Gasteiger partial charge in [0.15, 0.2) is 16.4 Å². The van der Waals surface area contributed by atoms with Gasteiger partial charge in [0, 0.05) is 18.7 Å². The third-order valence-electron chi connectivity index (χ3n) is 2.70.